The van der Waals surface area contributed by atoms with E-state index >= 15 is 0 Å². The lowest BCUT2D eigenvalue weighted by Gasteiger charge is -2.03. The summed E-state index contributed by atoms with van der Waals surface area (Å²) < 4.78 is 12.8. The van der Waals surface area contributed by atoms with Gasteiger partial charge in [0.25, 0.3) is 5.91 Å². The van der Waals surface area contributed by atoms with Crippen LogP contribution in [0.15, 0.2) is 62.7 Å². The normalized spacial score (nSPS) is 11.2. The molecule has 0 atom stereocenters. The molecule has 4 aromatic rings. The Morgan fingerprint density at radius 1 is 1.21 bits per heavy atom. The summed E-state index contributed by atoms with van der Waals surface area (Å²) in [6.07, 6.45) is 5.14. The van der Waals surface area contributed by atoms with Crippen molar-refractivity contribution in [3.8, 4) is 0 Å². The van der Waals surface area contributed by atoms with Crippen LogP contribution in [0.4, 0.5) is 0 Å². The molecule has 7 heteroatoms. The first-order valence-electron chi connectivity index (χ1n) is 7.42. The van der Waals surface area contributed by atoms with E-state index in [1.807, 2.05) is 10.8 Å². The van der Waals surface area contributed by atoms with E-state index in [1.165, 1.54) is 6.07 Å². The number of furan rings is 1. The molecule has 0 unspecified atom stereocenters. The number of nitrogens with one attached hydrogen (secondary N) is 1. The molecule has 7 nitrogen and oxygen atoms in total. The zero-order valence-electron chi connectivity index (χ0n) is 12.6. The standard InChI is InChI=1S/C17H13N3O4/c21-15-11-3-1-2-4-13(11)23-17-12(15)9-14(24-17)16(22)19-6-8-20-7-5-18-10-20/h1-5,7,9-10H,6,8H2,(H,19,22). The van der Waals surface area contributed by atoms with E-state index in [0.29, 0.717) is 24.1 Å². The van der Waals surface area contributed by atoms with Gasteiger partial charge in [-0.3, -0.25) is 9.59 Å². The van der Waals surface area contributed by atoms with Crippen LogP contribution in [-0.4, -0.2) is 22.0 Å². The van der Waals surface area contributed by atoms with Crippen LogP contribution < -0.4 is 10.7 Å². The van der Waals surface area contributed by atoms with Crippen molar-refractivity contribution in [2.45, 2.75) is 6.54 Å². The van der Waals surface area contributed by atoms with Crippen molar-refractivity contribution in [3.05, 3.63) is 65.0 Å². The maximum Gasteiger partial charge on any atom is 0.302 e. The fraction of sp³-hybridized carbons (Fsp3) is 0.118. The van der Waals surface area contributed by atoms with Crippen molar-refractivity contribution < 1.29 is 13.6 Å². The van der Waals surface area contributed by atoms with Gasteiger partial charge < -0.3 is 18.7 Å². The first kappa shape index (κ1) is 14.3. The van der Waals surface area contributed by atoms with Crippen LogP contribution in [0.2, 0.25) is 0 Å². The molecule has 0 radical (unpaired) electrons. The molecule has 1 N–H and O–H groups in total. The van der Waals surface area contributed by atoms with E-state index in [9.17, 15) is 9.59 Å². The predicted molar refractivity (Wildman–Crippen MR) is 86.8 cm³/mol. The molecule has 0 fully saturated rings. The molecule has 0 aliphatic rings. The Hall–Kier alpha value is -3.35. The summed E-state index contributed by atoms with van der Waals surface area (Å²) in [5, 5.41) is 3.45. The maximum absolute atomic E-state index is 12.4. The van der Waals surface area contributed by atoms with Crippen molar-refractivity contribution in [3.63, 3.8) is 0 Å². The number of benzene rings is 1. The van der Waals surface area contributed by atoms with Crippen LogP contribution in [0.3, 0.4) is 0 Å². The van der Waals surface area contributed by atoms with Crippen molar-refractivity contribution >= 4 is 28.0 Å². The van der Waals surface area contributed by atoms with Gasteiger partial charge >= 0.3 is 5.78 Å². The van der Waals surface area contributed by atoms with Gasteiger partial charge in [-0.1, -0.05) is 12.1 Å². The average molecular weight is 323 g/mol. The van der Waals surface area contributed by atoms with E-state index in [4.69, 9.17) is 8.83 Å². The van der Waals surface area contributed by atoms with Gasteiger partial charge in [-0.15, -0.1) is 0 Å². The molecule has 0 bridgehead atoms. The largest absolute Gasteiger partial charge is 0.425 e. The van der Waals surface area contributed by atoms with Gasteiger partial charge in [-0.05, 0) is 12.1 Å². The van der Waals surface area contributed by atoms with Crippen LogP contribution in [-0.2, 0) is 6.54 Å². The minimum atomic E-state index is -0.398. The van der Waals surface area contributed by atoms with Crippen LogP contribution in [0.25, 0.3) is 22.1 Å². The number of nitrogens with zero attached hydrogens (tertiary/aromatic N) is 2. The lowest BCUT2D eigenvalue weighted by atomic mass is 10.2. The number of imidazole rings is 1. The van der Waals surface area contributed by atoms with E-state index < -0.39 is 5.91 Å². The second-order valence-corrected chi connectivity index (χ2v) is 5.30. The minimum absolute atomic E-state index is 0.0480. The van der Waals surface area contributed by atoms with Gasteiger partial charge in [-0.2, -0.15) is 0 Å². The smallest absolute Gasteiger partial charge is 0.302 e. The Morgan fingerprint density at radius 2 is 2.08 bits per heavy atom. The molecule has 0 saturated heterocycles. The van der Waals surface area contributed by atoms with E-state index in [1.54, 1.807) is 36.8 Å². The summed E-state index contributed by atoms with van der Waals surface area (Å²) >= 11 is 0. The average Bonchev–Trinajstić information content (AvgIpc) is 3.24. The van der Waals surface area contributed by atoms with Crippen LogP contribution >= 0.6 is 0 Å². The summed E-state index contributed by atoms with van der Waals surface area (Å²) in [5.41, 5.74) is 0.212. The maximum atomic E-state index is 12.4. The van der Waals surface area contributed by atoms with Gasteiger partial charge in [0.1, 0.15) is 11.0 Å². The molecule has 3 heterocycles. The number of aromatic nitrogens is 2. The van der Waals surface area contributed by atoms with Crippen LogP contribution in [0.1, 0.15) is 10.6 Å². The highest BCUT2D eigenvalue weighted by Gasteiger charge is 2.17. The van der Waals surface area contributed by atoms with E-state index in [0.717, 1.165) is 0 Å². The fourth-order valence-corrected chi connectivity index (χ4v) is 2.51. The van der Waals surface area contributed by atoms with Gasteiger partial charge in [0.05, 0.1) is 11.7 Å². The molecule has 24 heavy (non-hydrogen) atoms. The predicted octanol–water partition coefficient (Wildman–Crippen LogP) is 2.17. The lowest BCUT2D eigenvalue weighted by Crippen LogP contribution is -2.26. The van der Waals surface area contributed by atoms with Crippen molar-refractivity contribution in [2.75, 3.05) is 6.54 Å². The highest BCUT2D eigenvalue weighted by Crippen LogP contribution is 2.21. The summed E-state index contributed by atoms with van der Waals surface area (Å²) in [6.45, 7) is 1.00. The van der Waals surface area contributed by atoms with E-state index in [2.05, 4.69) is 10.3 Å². The van der Waals surface area contributed by atoms with Gasteiger partial charge in [-0.25, -0.2) is 4.98 Å². The number of carbonyl (C=O) groups is 1. The zero-order valence-corrected chi connectivity index (χ0v) is 12.6. The molecule has 3 aromatic heterocycles. The first-order chi connectivity index (χ1) is 11.7. The number of hydrogen-bond donors (Lipinski definition) is 1. The molecule has 120 valence electrons. The first-order valence-corrected chi connectivity index (χ1v) is 7.42. The minimum Gasteiger partial charge on any atom is -0.425 e. The number of carbonyl (C=O) groups excluding carboxylic acids is 1. The van der Waals surface area contributed by atoms with Crippen molar-refractivity contribution in [1.82, 2.24) is 14.9 Å². The highest BCUT2D eigenvalue weighted by molar-refractivity contribution is 5.97. The second kappa shape index (κ2) is 5.69. The Bertz CT molecular complexity index is 1080. The second-order valence-electron chi connectivity index (χ2n) is 5.30. The number of para-hydroxylation sites is 1. The van der Waals surface area contributed by atoms with Crippen LogP contribution in [0, 0.1) is 0 Å². The fourth-order valence-electron chi connectivity index (χ4n) is 2.51. The quantitative estimate of drug-likeness (QED) is 0.621. The molecule has 1 aromatic carbocycles. The van der Waals surface area contributed by atoms with Gasteiger partial charge in [0.2, 0.25) is 5.43 Å². The third-order valence-corrected chi connectivity index (χ3v) is 3.72. The van der Waals surface area contributed by atoms with E-state index in [-0.39, 0.29) is 22.4 Å². The number of rotatable bonds is 4. The molecule has 0 saturated carbocycles. The third kappa shape index (κ3) is 2.45. The Balaban J connectivity index is 1.60. The molecule has 0 spiro atoms. The molecule has 0 aliphatic carbocycles. The molecule has 4 rings (SSSR count). The highest BCUT2D eigenvalue weighted by atomic mass is 16.5. The molecular formula is C17H13N3O4. The number of hydrogen-bond acceptors (Lipinski definition) is 5. The Labute approximate surface area is 135 Å². The Kier molecular flexibility index (Phi) is 3.38. The zero-order chi connectivity index (χ0) is 16.5. The van der Waals surface area contributed by atoms with Gasteiger partial charge in [0.15, 0.2) is 5.76 Å². The summed E-state index contributed by atoms with van der Waals surface area (Å²) in [6, 6.07) is 8.31. The molecule has 0 aliphatic heterocycles. The third-order valence-electron chi connectivity index (χ3n) is 3.72. The van der Waals surface area contributed by atoms with Crippen molar-refractivity contribution in [2.24, 2.45) is 0 Å². The number of amides is 1. The molecular weight excluding hydrogens is 310 g/mol. The van der Waals surface area contributed by atoms with Gasteiger partial charge in [0, 0.05) is 31.5 Å². The summed E-state index contributed by atoms with van der Waals surface area (Å²) in [4.78, 5) is 28.5. The Morgan fingerprint density at radius 3 is 2.92 bits per heavy atom. The van der Waals surface area contributed by atoms with Crippen LogP contribution in [0.5, 0.6) is 0 Å². The van der Waals surface area contributed by atoms with Crippen molar-refractivity contribution in [1.29, 1.82) is 0 Å². The summed E-state index contributed by atoms with van der Waals surface area (Å²) in [5.74, 6) is -0.296. The lowest BCUT2D eigenvalue weighted by molar-refractivity contribution is 0.0925. The molecule has 1 amide bonds. The SMILES string of the molecule is O=C(NCCn1ccnc1)c1cc2c(=O)c3ccccc3oc2o1. The number of fused-ring (bicyclic) bond motifs is 2. The summed E-state index contributed by atoms with van der Waals surface area (Å²) in [7, 11) is 0. The monoisotopic (exact) mass is 323 g/mol. The topological polar surface area (TPSA) is 90.3 Å².